The summed E-state index contributed by atoms with van der Waals surface area (Å²) >= 11 is 0. The lowest BCUT2D eigenvalue weighted by atomic mass is 8.31. The molecule has 0 aliphatic rings. The van der Waals surface area contributed by atoms with E-state index in [1.54, 1.807) is 7.06 Å². The molecule has 42 radical (unpaired) electrons. The number of hydrogen-bond acceptors (Lipinski definition) is 0. The van der Waals surface area contributed by atoms with Crippen LogP contribution in [0, 0.1) is 0 Å². The van der Waals surface area contributed by atoms with Crippen molar-refractivity contribution in [2.45, 2.75) is 0 Å². The van der Waals surface area contributed by atoms with Crippen LogP contribution in [0.5, 0.6) is 0 Å². The molecule has 42 heteroatoms. The lowest BCUT2D eigenvalue weighted by molar-refractivity contribution is 3.25. The van der Waals surface area contributed by atoms with E-state index in [1.807, 2.05) is 7.06 Å². The van der Waals surface area contributed by atoms with Crippen LogP contribution in [0.25, 0.3) is 0 Å². The van der Waals surface area contributed by atoms with Crippen LogP contribution in [0.2, 0.25) is 0 Å². The van der Waals surface area contributed by atoms with Gasteiger partial charge < -0.3 is 0 Å². The molecule has 0 aliphatic heterocycles. The van der Waals surface area contributed by atoms with Crippen molar-refractivity contribution in [2.24, 2.45) is 0 Å². The van der Waals surface area contributed by atoms with E-state index >= 15 is 0 Å². The summed E-state index contributed by atoms with van der Waals surface area (Å²) in [6.07, 6.45) is -18.3. The predicted octanol–water partition coefficient (Wildman–Crippen LogP) is -16.8. The summed E-state index contributed by atoms with van der Waals surface area (Å²) in [6, 6.07) is 0. The van der Waals surface area contributed by atoms with Crippen LogP contribution < -0.4 is 0 Å². The van der Waals surface area contributed by atoms with Gasteiger partial charge in [0.15, 0.2) is 0 Å². The first-order chi connectivity index (χ1) is 19.1. The number of rotatable bonds is 20. The molecule has 0 unspecified atom stereocenters. The van der Waals surface area contributed by atoms with Crippen molar-refractivity contribution in [3.05, 3.63) is 0 Å². The third kappa shape index (κ3) is 12.6. The highest BCUT2D eigenvalue weighted by atomic mass is 13.3. The quantitative estimate of drug-likeness (QED) is 0.160. The molecule has 0 nitrogen and oxygen atoms in total. The first kappa shape index (κ1) is 44.7. The van der Waals surface area contributed by atoms with Crippen LogP contribution in [0.4, 0.5) is 0 Å². The Morgan fingerprint density at radius 2 is 0.500 bits per heavy atom. The Morgan fingerprint density at radius 3 is 0.690 bits per heavy atom. The molecule has 0 aromatic rings. The fourth-order valence-electron chi connectivity index (χ4n) is 6.16. The van der Waals surface area contributed by atoms with Gasteiger partial charge >= 0.3 is 0 Å². The first-order valence-corrected chi connectivity index (χ1v) is 13.3. The van der Waals surface area contributed by atoms with Gasteiger partial charge in [0.1, 0.15) is 0 Å². The SMILES string of the molecule is [B]B([B])B([B][BH3-])B(B([B])[B])B([B]B(B(B([B])[B])B([B])[B])B(B([B])[B])B([B])[B])B(B(B([B])[B])B([B])[B])B(B([B])[B])B([B])[B]. The molecule has 130 valence electrons. The fraction of sp³-hybridized carbons (Fsp3) is 0. The van der Waals surface area contributed by atoms with Crippen LogP contribution in [0.1, 0.15) is 0 Å². The zero-order valence-electron chi connectivity index (χ0n) is 23.7. The van der Waals surface area contributed by atoms with Crippen molar-refractivity contribution in [3.8, 4) is 0 Å². The van der Waals surface area contributed by atoms with Crippen LogP contribution in [-0.4, -0.2) is 298 Å². The molecule has 0 spiro atoms. The summed E-state index contributed by atoms with van der Waals surface area (Å²) in [5.41, 5.74) is 0. The second-order valence-corrected chi connectivity index (χ2v) is 11.2. The Labute approximate surface area is 295 Å². The van der Waals surface area contributed by atoms with Crippen molar-refractivity contribution in [2.75, 3.05) is 0 Å². The standard InChI is InChI=1S/B42H3/c1-22-34(24(2)3)41(33(20)21)36(42(39(29(12)13)30(14)15)40(31(16)17)32(18)19)23-35(37(25(4)5)26(6)7)38(27(8)9)28(10)11/h1H3/q-1. The molecule has 0 aromatic heterocycles. The molecule has 0 aromatic carbocycles. The minimum absolute atomic E-state index is 0.403. The van der Waals surface area contributed by atoms with Crippen LogP contribution >= 0.6 is 0 Å². The van der Waals surface area contributed by atoms with E-state index in [0.29, 0.717) is 0 Å². The van der Waals surface area contributed by atoms with Gasteiger partial charge in [0.2, 0.25) is 0 Å². The Hall–Kier alpha value is 2.73. The zero-order chi connectivity index (χ0) is 33.4. The average Bonchev–Trinajstić information content (AvgIpc) is 2.78. The molecule has 42 heavy (non-hydrogen) atoms. The molecule has 0 heterocycles. The van der Waals surface area contributed by atoms with Crippen molar-refractivity contribution < 1.29 is 0 Å². The average molecular weight is 457 g/mol. The van der Waals surface area contributed by atoms with Crippen LogP contribution in [0.3, 0.4) is 0 Å². The molecular weight excluding hydrogens is 454 g/mol. The van der Waals surface area contributed by atoms with Gasteiger partial charge in [-0.25, -0.2) is 0 Å². The molecule has 0 aliphatic carbocycles. The number of hydrogen-bond donors (Lipinski definition) is 0. The van der Waals surface area contributed by atoms with Crippen molar-refractivity contribution >= 4 is 298 Å². The van der Waals surface area contributed by atoms with Crippen LogP contribution in [-0.2, 0) is 0 Å². The molecular formula is H3B42-. The smallest absolute Gasteiger partial charge is 0.0000000000000000739 e. The molecule has 0 amide bonds. The van der Waals surface area contributed by atoms with E-state index in [0.717, 1.165) is 0 Å². The molecule has 0 saturated carbocycles. The van der Waals surface area contributed by atoms with E-state index in [1.165, 1.54) is 0 Å². The van der Waals surface area contributed by atoms with Gasteiger partial charge in [-0.2, -0.15) is 7.06 Å². The summed E-state index contributed by atoms with van der Waals surface area (Å²) in [7, 11) is 129. The summed E-state index contributed by atoms with van der Waals surface area (Å²) < 4.78 is 0. The highest BCUT2D eigenvalue weighted by Gasteiger charge is 2.52. The largest absolute Gasteiger partial charge is 0.158 e. The molecule has 0 fully saturated rings. The Balaban J connectivity index is 8.02. The maximum atomic E-state index is 6.47. The maximum Gasteiger partial charge on any atom is -0.0000000000000000739 e. The molecule has 0 rings (SSSR count). The lowest BCUT2D eigenvalue weighted by Gasteiger charge is -2.50. The summed E-state index contributed by atoms with van der Waals surface area (Å²) in [6.45, 7) is 0. The minimum Gasteiger partial charge on any atom is -0.158 e. The van der Waals surface area contributed by atoms with Gasteiger partial charge in [-0.05, 0) is 283 Å². The minimum atomic E-state index is -1.12. The summed E-state index contributed by atoms with van der Waals surface area (Å²) in [5.74, 6) is 0. The van der Waals surface area contributed by atoms with Crippen molar-refractivity contribution in [1.82, 2.24) is 0 Å². The van der Waals surface area contributed by atoms with E-state index in [4.69, 9.17) is 155 Å². The van der Waals surface area contributed by atoms with Gasteiger partial charge in [-0.3, -0.25) is 0 Å². The van der Waals surface area contributed by atoms with E-state index in [-0.39, 0.29) is 0 Å². The Morgan fingerprint density at radius 1 is 0.262 bits per heavy atom. The monoisotopic (exact) mass is 465 g/mol. The van der Waals surface area contributed by atoms with E-state index < -0.39 is 129 Å². The van der Waals surface area contributed by atoms with Gasteiger partial charge in [-0.15, -0.1) is 0 Å². The third-order valence-electron chi connectivity index (χ3n) is 8.00. The van der Waals surface area contributed by atoms with Gasteiger partial charge in [0, 0.05) is 0 Å². The Kier molecular flexibility index (Phi) is 22.3. The van der Waals surface area contributed by atoms with Crippen molar-refractivity contribution in [3.63, 3.8) is 0 Å². The summed E-state index contributed by atoms with van der Waals surface area (Å²) in [5, 5.41) is 0. The van der Waals surface area contributed by atoms with E-state index in [9.17, 15) is 0 Å². The predicted molar refractivity (Wildman–Crippen MR) is 246 cm³/mol. The van der Waals surface area contributed by atoms with Gasteiger partial charge in [0.25, 0.3) is 0 Å². The zero-order valence-corrected chi connectivity index (χ0v) is 23.7. The normalized spacial score (nSPS) is 9.55. The van der Waals surface area contributed by atoms with Crippen LogP contribution in [0.15, 0.2) is 0 Å². The molecule has 0 bridgehead atoms. The lowest BCUT2D eigenvalue weighted by Crippen LogP contribution is -2.88. The molecule has 0 saturated heterocycles. The second-order valence-electron chi connectivity index (χ2n) is 11.2. The van der Waals surface area contributed by atoms with Gasteiger partial charge in [0.05, 0.1) is 0 Å². The van der Waals surface area contributed by atoms with Crippen molar-refractivity contribution in [1.29, 1.82) is 0 Å². The maximum absolute atomic E-state index is 6.47. The second kappa shape index (κ2) is 21.0. The Bertz CT molecular complexity index is 602. The van der Waals surface area contributed by atoms with Gasteiger partial charge in [-0.1, -0.05) is 7.74 Å². The highest BCUT2D eigenvalue weighted by Crippen LogP contribution is 2.14. The first-order valence-electron chi connectivity index (χ1n) is 13.3. The molecule has 0 atom stereocenters. The molecule has 0 N–H and O–H groups in total. The topological polar surface area (TPSA) is 0 Å². The third-order valence-corrected chi connectivity index (χ3v) is 8.00. The summed E-state index contributed by atoms with van der Waals surface area (Å²) in [4.78, 5) is 0. The highest BCUT2D eigenvalue weighted by molar-refractivity contribution is 8.28. The van der Waals surface area contributed by atoms with E-state index in [2.05, 4.69) is 0 Å². The fourth-order valence-corrected chi connectivity index (χ4v) is 6.16.